The van der Waals surface area contributed by atoms with Gasteiger partial charge in [-0.25, -0.2) is 14.6 Å². The van der Waals surface area contributed by atoms with E-state index in [1.807, 2.05) is 30.3 Å². The highest BCUT2D eigenvalue weighted by Crippen LogP contribution is 2.22. The fraction of sp³-hybridized carbons (Fsp3) is 0.222. The van der Waals surface area contributed by atoms with E-state index in [0.29, 0.717) is 28.7 Å². The molecule has 0 aliphatic carbocycles. The summed E-state index contributed by atoms with van der Waals surface area (Å²) < 4.78 is 19.2. The molecule has 138 valence electrons. The van der Waals surface area contributed by atoms with Crippen molar-refractivity contribution in [1.82, 2.24) is 29.9 Å². The van der Waals surface area contributed by atoms with E-state index in [0.717, 1.165) is 23.1 Å². The Hall–Kier alpha value is -2.91. The zero-order valence-electron chi connectivity index (χ0n) is 14.7. The van der Waals surface area contributed by atoms with E-state index in [2.05, 4.69) is 25.3 Å². The highest BCUT2D eigenvalue weighted by atomic mass is 32.2. The quantitative estimate of drug-likeness (QED) is 0.493. The summed E-state index contributed by atoms with van der Waals surface area (Å²) in [6.45, 7) is 0.598. The third-order valence-corrected chi connectivity index (χ3v) is 5.51. The molecule has 4 rings (SSSR count). The maximum absolute atomic E-state index is 12.4. The zero-order chi connectivity index (χ0) is 18.6. The number of aromatic nitrogens is 6. The molecule has 0 fully saturated rings. The SMILES string of the molecule is COCCCS(=O)c1cnc2c(cnn2-c2cccc(-c3ncn[nH]3)c2)c1. The maximum Gasteiger partial charge on any atom is 0.162 e. The van der Waals surface area contributed by atoms with Crippen molar-refractivity contribution in [3.8, 4) is 17.1 Å². The van der Waals surface area contributed by atoms with Crippen molar-refractivity contribution in [2.45, 2.75) is 11.3 Å². The molecule has 0 bridgehead atoms. The number of pyridine rings is 1. The smallest absolute Gasteiger partial charge is 0.162 e. The minimum absolute atomic E-state index is 0.550. The lowest BCUT2D eigenvalue weighted by Gasteiger charge is -2.06. The summed E-state index contributed by atoms with van der Waals surface area (Å²) in [5.74, 6) is 1.24. The predicted molar refractivity (Wildman–Crippen MR) is 102 cm³/mol. The summed E-state index contributed by atoms with van der Waals surface area (Å²) in [5, 5.41) is 12.0. The molecule has 1 unspecified atom stereocenters. The molecule has 0 spiro atoms. The molecule has 0 aliphatic rings. The summed E-state index contributed by atoms with van der Waals surface area (Å²) >= 11 is 0. The van der Waals surface area contributed by atoms with Crippen molar-refractivity contribution in [3.63, 3.8) is 0 Å². The van der Waals surface area contributed by atoms with Gasteiger partial charge in [0.15, 0.2) is 11.5 Å². The Kier molecular flexibility index (Phi) is 5.03. The first-order valence-corrected chi connectivity index (χ1v) is 9.75. The molecule has 1 N–H and O–H groups in total. The number of methoxy groups -OCH3 is 1. The van der Waals surface area contributed by atoms with Gasteiger partial charge >= 0.3 is 0 Å². The van der Waals surface area contributed by atoms with Crippen LogP contribution in [-0.4, -0.2) is 53.6 Å². The van der Waals surface area contributed by atoms with Gasteiger partial charge in [-0.15, -0.1) is 0 Å². The number of fused-ring (bicyclic) bond motifs is 1. The molecule has 27 heavy (non-hydrogen) atoms. The number of rotatable bonds is 7. The van der Waals surface area contributed by atoms with E-state index in [9.17, 15) is 4.21 Å². The first kappa shape index (κ1) is 17.5. The summed E-state index contributed by atoms with van der Waals surface area (Å²) in [6.07, 6.45) is 5.61. The summed E-state index contributed by atoms with van der Waals surface area (Å²) in [7, 11) is 0.542. The minimum Gasteiger partial charge on any atom is -0.385 e. The van der Waals surface area contributed by atoms with E-state index in [-0.39, 0.29) is 0 Å². The highest BCUT2D eigenvalue weighted by molar-refractivity contribution is 7.85. The van der Waals surface area contributed by atoms with E-state index in [4.69, 9.17) is 4.74 Å². The first-order chi connectivity index (χ1) is 13.3. The van der Waals surface area contributed by atoms with Crippen LogP contribution >= 0.6 is 0 Å². The van der Waals surface area contributed by atoms with Gasteiger partial charge in [-0.1, -0.05) is 12.1 Å². The molecule has 9 heteroatoms. The molecule has 1 atom stereocenters. The topological polar surface area (TPSA) is 98.6 Å². The largest absolute Gasteiger partial charge is 0.385 e. The molecule has 0 amide bonds. The van der Waals surface area contributed by atoms with Gasteiger partial charge in [0.1, 0.15) is 6.33 Å². The second-order valence-corrected chi connectivity index (χ2v) is 7.49. The number of hydrogen-bond donors (Lipinski definition) is 1. The van der Waals surface area contributed by atoms with Crippen LogP contribution in [0.1, 0.15) is 6.42 Å². The first-order valence-electron chi connectivity index (χ1n) is 8.43. The van der Waals surface area contributed by atoms with Crippen LogP contribution in [0.3, 0.4) is 0 Å². The van der Waals surface area contributed by atoms with Crippen molar-refractivity contribution in [3.05, 3.63) is 49.1 Å². The Morgan fingerprint density at radius 2 is 2.15 bits per heavy atom. The van der Waals surface area contributed by atoms with E-state index >= 15 is 0 Å². The fourth-order valence-electron chi connectivity index (χ4n) is 2.80. The molecule has 3 aromatic heterocycles. The number of ether oxygens (including phenoxy) is 1. The van der Waals surface area contributed by atoms with Gasteiger partial charge in [-0.2, -0.15) is 10.2 Å². The maximum atomic E-state index is 12.4. The highest BCUT2D eigenvalue weighted by Gasteiger charge is 2.11. The van der Waals surface area contributed by atoms with Crippen LogP contribution in [0.25, 0.3) is 28.1 Å². The Balaban J connectivity index is 1.64. The summed E-state index contributed by atoms with van der Waals surface area (Å²) in [4.78, 5) is 9.38. The van der Waals surface area contributed by atoms with Crippen LogP contribution in [0.15, 0.2) is 53.9 Å². The standard InChI is InChI=1S/C18H18N6O2S/c1-26-6-3-7-27(25)16-9-14-10-22-24(18(14)19-11-16)15-5-2-4-13(8-15)17-20-12-21-23-17/h2,4-5,8-12H,3,6-7H2,1H3,(H,20,21,23). The normalized spacial score (nSPS) is 12.5. The van der Waals surface area contributed by atoms with Gasteiger partial charge in [0.25, 0.3) is 0 Å². The molecule has 0 saturated carbocycles. The lowest BCUT2D eigenvalue weighted by atomic mass is 10.2. The van der Waals surface area contributed by atoms with E-state index < -0.39 is 10.8 Å². The lowest BCUT2D eigenvalue weighted by molar-refractivity contribution is 0.200. The average Bonchev–Trinajstić information content (AvgIpc) is 3.37. The van der Waals surface area contributed by atoms with Crippen molar-refractivity contribution in [1.29, 1.82) is 0 Å². The van der Waals surface area contributed by atoms with Gasteiger partial charge in [0, 0.05) is 36.6 Å². The van der Waals surface area contributed by atoms with Gasteiger partial charge in [0.05, 0.1) is 27.6 Å². The second kappa shape index (κ2) is 7.77. The summed E-state index contributed by atoms with van der Waals surface area (Å²) in [5.41, 5.74) is 2.48. The van der Waals surface area contributed by atoms with Crippen LogP contribution in [0.4, 0.5) is 0 Å². The predicted octanol–water partition coefficient (Wildman–Crippen LogP) is 2.35. The molecule has 0 radical (unpaired) electrons. The third-order valence-electron chi connectivity index (χ3n) is 4.10. The molecule has 0 saturated heterocycles. The van der Waals surface area contributed by atoms with Gasteiger partial charge < -0.3 is 4.74 Å². The van der Waals surface area contributed by atoms with Crippen molar-refractivity contribution in [2.24, 2.45) is 0 Å². The summed E-state index contributed by atoms with van der Waals surface area (Å²) in [6, 6.07) is 9.68. The van der Waals surface area contributed by atoms with Crippen molar-refractivity contribution < 1.29 is 8.95 Å². The monoisotopic (exact) mass is 382 g/mol. The van der Waals surface area contributed by atoms with Gasteiger partial charge in [-0.05, 0) is 24.6 Å². The Morgan fingerprint density at radius 3 is 2.96 bits per heavy atom. The molecule has 1 aromatic carbocycles. The molecule has 3 heterocycles. The molecular weight excluding hydrogens is 364 g/mol. The second-order valence-electron chi connectivity index (χ2n) is 5.92. The van der Waals surface area contributed by atoms with Gasteiger partial charge in [0.2, 0.25) is 0 Å². The number of aromatic amines is 1. The third kappa shape index (κ3) is 3.64. The van der Waals surface area contributed by atoms with E-state index in [1.165, 1.54) is 6.33 Å². The Labute approximate surface area is 158 Å². The van der Waals surface area contributed by atoms with Crippen LogP contribution in [0, 0.1) is 0 Å². The fourth-order valence-corrected chi connectivity index (χ4v) is 3.84. The number of H-pyrrole nitrogens is 1. The van der Waals surface area contributed by atoms with Crippen LogP contribution in [-0.2, 0) is 15.5 Å². The van der Waals surface area contributed by atoms with Crippen LogP contribution in [0.2, 0.25) is 0 Å². The Bertz CT molecular complexity index is 1080. The average molecular weight is 382 g/mol. The van der Waals surface area contributed by atoms with Gasteiger partial charge in [-0.3, -0.25) is 9.31 Å². The zero-order valence-corrected chi connectivity index (χ0v) is 15.5. The minimum atomic E-state index is -1.10. The molecule has 4 aromatic rings. The molecule has 0 aliphatic heterocycles. The lowest BCUT2D eigenvalue weighted by Crippen LogP contribution is -2.03. The van der Waals surface area contributed by atoms with Crippen LogP contribution < -0.4 is 0 Å². The molecule has 8 nitrogen and oxygen atoms in total. The Morgan fingerprint density at radius 1 is 1.22 bits per heavy atom. The number of benzene rings is 1. The molecular formula is C18H18N6O2S. The van der Waals surface area contributed by atoms with Crippen LogP contribution in [0.5, 0.6) is 0 Å². The van der Waals surface area contributed by atoms with Crippen molar-refractivity contribution in [2.75, 3.05) is 19.5 Å². The number of hydrogen-bond acceptors (Lipinski definition) is 6. The van der Waals surface area contributed by atoms with E-state index in [1.54, 1.807) is 24.2 Å². The van der Waals surface area contributed by atoms with Crippen molar-refractivity contribution >= 4 is 21.8 Å². The number of nitrogens with one attached hydrogen (secondary N) is 1. The number of nitrogens with zero attached hydrogens (tertiary/aromatic N) is 5.